The molecule has 1 saturated heterocycles. The second-order valence-electron chi connectivity index (χ2n) is 6.50. The number of anilines is 1. The van der Waals surface area contributed by atoms with Crippen LogP contribution in [0.3, 0.4) is 0 Å². The molecule has 1 amide bonds. The molecule has 0 atom stereocenters. The molecule has 8 nitrogen and oxygen atoms in total. The molecule has 31 heavy (non-hydrogen) atoms. The predicted molar refractivity (Wildman–Crippen MR) is 127 cm³/mol. The van der Waals surface area contributed by atoms with Crippen molar-refractivity contribution in [3.8, 4) is 5.75 Å². The predicted octanol–water partition coefficient (Wildman–Crippen LogP) is 4.38. The molecular formula is C21H20N4O4S2. The molecule has 0 saturated carbocycles. The van der Waals surface area contributed by atoms with E-state index in [4.69, 9.17) is 12.2 Å². The number of aromatic hydroxyl groups is 1. The molecule has 0 radical (unpaired) electrons. The highest BCUT2D eigenvalue weighted by atomic mass is 32.2. The van der Waals surface area contributed by atoms with Gasteiger partial charge >= 0.3 is 0 Å². The van der Waals surface area contributed by atoms with Crippen LogP contribution in [0.5, 0.6) is 5.75 Å². The molecule has 1 N–H and O–H groups in total. The lowest BCUT2D eigenvalue weighted by Crippen LogP contribution is -2.22. The Morgan fingerprint density at radius 1 is 1.23 bits per heavy atom. The van der Waals surface area contributed by atoms with E-state index in [0.717, 1.165) is 41.1 Å². The molecular weight excluding hydrogens is 436 g/mol. The minimum absolute atomic E-state index is 0.110. The molecule has 160 valence electrons. The van der Waals surface area contributed by atoms with Crippen LogP contribution in [0.25, 0.3) is 6.08 Å². The van der Waals surface area contributed by atoms with Crippen LogP contribution in [0.15, 0.2) is 52.5 Å². The zero-order valence-corrected chi connectivity index (χ0v) is 18.5. The first kappa shape index (κ1) is 22.4. The summed E-state index contributed by atoms with van der Waals surface area (Å²) in [6.07, 6.45) is 2.92. The number of phenolic OH excluding ortho intramolecular Hbond substituents is 1. The number of hydrazone groups is 1. The number of phenols is 1. The molecule has 0 aliphatic carbocycles. The summed E-state index contributed by atoms with van der Waals surface area (Å²) in [4.78, 5) is 25.7. The summed E-state index contributed by atoms with van der Waals surface area (Å²) in [5.41, 5.74) is 1.88. The van der Waals surface area contributed by atoms with Gasteiger partial charge in [-0.05, 0) is 55.9 Å². The van der Waals surface area contributed by atoms with Gasteiger partial charge in [0, 0.05) is 36.5 Å². The number of nitro benzene ring substituents is 1. The smallest absolute Gasteiger partial charge is 0.286 e. The molecule has 2 aromatic carbocycles. The number of hydrogen-bond donors (Lipinski definition) is 1. The molecule has 0 aromatic heterocycles. The summed E-state index contributed by atoms with van der Waals surface area (Å²) in [5, 5.41) is 25.9. The summed E-state index contributed by atoms with van der Waals surface area (Å²) in [6, 6.07) is 11.4. The number of non-ortho nitro benzene ring substituents is 1. The normalized spacial score (nSPS) is 15.3. The topological polar surface area (TPSA) is 99.3 Å². The molecule has 1 aliphatic rings. The van der Waals surface area contributed by atoms with E-state index in [9.17, 15) is 20.0 Å². The Balaban J connectivity index is 1.79. The van der Waals surface area contributed by atoms with Gasteiger partial charge in [0.2, 0.25) is 0 Å². The van der Waals surface area contributed by atoms with Crippen LogP contribution >= 0.6 is 24.0 Å². The highest BCUT2D eigenvalue weighted by molar-refractivity contribution is 8.26. The van der Waals surface area contributed by atoms with Crippen molar-refractivity contribution < 1.29 is 14.8 Å². The number of nitrogens with zero attached hydrogens (tertiary/aromatic N) is 4. The lowest BCUT2D eigenvalue weighted by Gasteiger charge is -2.20. The monoisotopic (exact) mass is 456 g/mol. The molecule has 3 rings (SSSR count). The van der Waals surface area contributed by atoms with E-state index in [1.807, 2.05) is 24.3 Å². The fourth-order valence-corrected chi connectivity index (χ4v) is 4.13. The quantitative estimate of drug-likeness (QED) is 0.217. The first-order valence-corrected chi connectivity index (χ1v) is 10.7. The van der Waals surface area contributed by atoms with Gasteiger partial charge in [0.05, 0.1) is 16.0 Å². The number of carbonyl (C=O) groups excluding carboxylic acids is 1. The average molecular weight is 457 g/mol. The van der Waals surface area contributed by atoms with Crippen LogP contribution in [0, 0.1) is 10.1 Å². The third-order valence-corrected chi connectivity index (χ3v) is 5.91. The van der Waals surface area contributed by atoms with Gasteiger partial charge in [0.25, 0.3) is 11.6 Å². The first-order chi connectivity index (χ1) is 14.8. The summed E-state index contributed by atoms with van der Waals surface area (Å²) in [5.74, 6) is -0.590. The first-order valence-electron chi connectivity index (χ1n) is 9.48. The summed E-state index contributed by atoms with van der Waals surface area (Å²) in [7, 11) is 0. The summed E-state index contributed by atoms with van der Waals surface area (Å²) < 4.78 is 0.234. The van der Waals surface area contributed by atoms with Crippen LogP contribution in [-0.2, 0) is 4.79 Å². The van der Waals surface area contributed by atoms with Gasteiger partial charge in [-0.15, -0.1) is 0 Å². The van der Waals surface area contributed by atoms with Gasteiger partial charge in [-0.1, -0.05) is 23.9 Å². The zero-order valence-electron chi connectivity index (χ0n) is 16.9. The number of carbonyl (C=O) groups is 1. The van der Waals surface area contributed by atoms with Crippen LogP contribution in [-0.4, -0.2) is 44.6 Å². The van der Waals surface area contributed by atoms with Crippen molar-refractivity contribution in [3.05, 3.63) is 68.6 Å². The van der Waals surface area contributed by atoms with E-state index in [2.05, 4.69) is 23.8 Å². The molecule has 2 aromatic rings. The van der Waals surface area contributed by atoms with Gasteiger partial charge < -0.3 is 10.0 Å². The Bertz CT molecular complexity index is 1080. The van der Waals surface area contributed by atoms with E-state index in [1.54, 1.807) is 6.08 Å². The van der Waals surface area contributed by atoms with Crippen molar-refractivity contribution in [2.24, 2.45) is 5.10 Å². The minimum Gasteiger partial charge on any atom is -0.507 e. The number of rotatable bonds is 7. The summed E-state index contributed by atoms with van der Waals surface area (Å²) >= 11 is 6.37. The van der Waals surface area contributed by atoms with Gasteiger partial charge in [-0.3, -0.25) is 14.9 Å². The van der Waals surface area contributed by atoms with E-state index < -0.39 is 10.8 Å². The number of benzene rings is 2. The third kappa shape index (κ3) is 5.09. The fraction of sp³-hybridized carbons (Fsp3) is 0.190. The second kappa shape index (κ2) is 9.71. The largest absolute Gasteiger partial charge is 0.507 e. The van der Waals surface area contributed by atoms with E-state index >= 15 is 0 Å². The average Bonchev–Trinajstić information content (AvgIpc) is 3.02. The molecule has 10 heteroatoms. The van der Waals surface area contributed by atoms with Crippen molar-refractivity contribution in [2.75, 3.05) is 18.0 Å². The fourth-order valence-electron chi connectivity index (χ4n) is 2.96. The van der Waals surface area contributed by atoms with Crippen LogP contribution < -0.4 is 4.90 Å². The summed E-state index contributed by atoms with van der Waals surface area (Å²) in [6.45, 7) is 6.01. The van der Waals surface area contributed by atoms with E-state index in [0.29, 0.717) is 4.91 Å². The Hall–Kier alpha value is -3.24. The molecule has 0 spiro atoms. The molecule has 0 bridgehead atoms. The van der Waals surface area contributed by atoms with Gasteiger partial charge in [0.15, 0.2) is 4.32 Å². The molecule has 0 unspecified atom stereocenters. The van der Waals surface area contributed by atoms with Crippen LogP contribution in [0.2, 0.25) is 0 Å². The van der Waals surface area contributed by atoms with Crippen LogP contribution in [0.1, 0.15) is 25.0 Å². The Morgan fingerprint density at radius 3 is 2.52 bits per heavy atom. The number of thioether (sulfide) groups is 1. The van der Waals surface area contributed by atoms with Gasteiger partial charge in [0.1, 0.15) is 5.75 Å². The zero-order chi connectivity index (χ0) is 22.5. The van der Waals surface area contributed by atoms with E-state index in [-0.39, 0.29) is 21.3 Å². The maximum Gasteiger partial charge on any atom is 0.286 e. The van der Waals surface area contributed by atoms with Crippen LogP contribution in [0.4, 0.5) is 11.4 Å². The molecule has 1 aliphatic heterocycles. The third-order valence-electron chi connectivity index (χ3n) is 4.63. The van der Waals surface area contributed by atoms with Gasteiger partial charge in [-0.25, -0.2) is 0 Å². The standard InChI is InChI=1S/C21H20N4O4S2/c1-3-23(4-2)16-7-5-14(6-8-16)11-19-20(27)24(21(30)31-19)22-13-15-12-17(25(28)29)9-10-18(15)26/h5-13,26H,3-4H2,1-2H3. The number of hydrogen-bond acceptors (Lipinski definition) is 8. The lowest BCUT2D eigenvalue weighted by atomic mass is 10.1. The number of amides is 1. The Labute approximate surface area is 189 Å². The number of thiocarbonyl (C=S) groups is 1. The molecule has 1 heterocycles. The maximum absolute atomic E-state index is 12.7. The van der Waals surface area contributed by atoms with Crippen molar-refractivity contribution in [1.82, 2.24) is 5.01 Å². The maximum atomic E-state index is 12.7. The SMILES string of the molecule is CCN(CC)c1ccc(C=C2SC(=S)N(N=Cc3cc([N+](=O)[O-])ccc3O)C2=O)cc1. The van der Waals surface area contributed by atoms with Crippen molar-refractivity contribution >= 4 is 57.9 Å². The highest BCUT2D eigenvalue weighted by Gasteiger charge is 2.32. The second-order valence-corrected chi connectivity index (χ2v) is 8.18. The molecule has 1 fully saturated rings. The number of nitro groups is 1. The van der Waals surface area contributed by atoms with Crippen molar-refractivity contribution in [2.45, 2.75) is 13.8 Å². The lowest BCUT2D eigenvalue weighted by molar-refractivity contribution is -0.384. The Kier molecular flexibility index (Phi) is 7.03. The van der Waals surface area contributed by atoms with Gasteiger partial charge in [-0.2, -0.15) is 10.1 Å². The van der Waals surface area contributed by atoms with Crippen molar-refractivity contribution in [1.29, 1.82) is 0 Å². The van der Waals surface area contributed by atoms with E-state index in [1.165, 1.54) is 24.4 Å². The Morgan fingerprint density at radius 2 is 1.90 bits per heavy atom. The van der Waals surface area contributed by atoms with Crippen molar-refractivity contribution in [3.63, 3.8) is 0 Å². The highest BCUT2D eigenvalue weighted by Crippen LogP contribution is 2.33. The minimum atomic E-state index is -0.579.